The molecule has 0 aromatic heterocycles. The molecule has 0 atom stereocenters. The molecular weight excluding hydrogens is 327 g/mol. The maximum absolute atomic E-state index is 10.6. The Balaban J connectivity index is 2.44. The minimum Gasteiger partial charge on any atom is -0.505 e. The van der Waals surface area contributed by atoms with Gasteiger partial charge in [0.1, 0.15) is 0 Å². The fourth-order valence-corrected chi connectivity index (χ4v) is 2.28. The van der Waals surface area contributed by atoms with E-state index in [1.165, 1.54) is 42.5 Å². The number of nitro benzene ring substituents is 1. The SMILES string of the molecule is N#CC(=Cc1cc(Cl)c(O)c(Cl)c1)c1ccc([N+](=O)[O-])cc1. The Kier molecular flexibility index (Phi) is 4.66. The Hall–Kier alpha value is -2.55. The van der Waals surface area contributed by atoms with Crippen LogP contribution in [-0.4, -0.2) is 10.0 Å². The van der Waals surface area contributed by atoms with Gasteiger partial charge in [0.05, 0.1) is 26.6 Å². The molecule has 2 aromatic rings. The molecule has 0 heterocycles. The lowest BCUT2D eigenvalue weighted by molar-refractivity contribution is -0.384. The summed E-state index contributed by atoms with van der Waals surface area (Å²) in [5.74, 6) is -0.227. The van der Waals surface area contributed by atoms with E-state index in [2.05, 4.69) is 0 Å². The monoisotopic (exact) mass is 334 g/mol. The maximum atomic E-state index is 10.6. The van der Waals surface area contributed by atoms with E-state index in [1.54, 1.807) is 0 Å². The van der Waals surface area contributed by atoms with Crippen LogP contribution in [-0.2, 0) is 0 Å². The van der Waals surface area contributed by atoms with Crippen LogP contribution in [0.5, 0.6) is 5.75 Å². The zero-order valence-electron chi connectivity index (χ0n) is 11.0. The zero-order chi connectivity index (χ0) is 16.3. The van der Waals surface area contributed by atoms with Crippen LogP contribution < -0.4 is 0 Å². The van der Waals surface area contributed by atoms with Crippen molar-refractivity contribution in [1.29, 1.82) is 5.26 Å². The van der Waals surface area contributed by atoms with Gasteiger partial charge in [0.15, 0.2) is 5.75 Å². The number of allylic oxidation sites excluding steroid dienone is 1. The normalized spacial score (nSPS) is 11.0. The lowest BCUT2D eigenvalue weighted by Gasteiger charge is -2.03. The fraction of sp³-hybridized carbons (Fsp3) is 0. The molecule has 0 amide bonds. The molecule has 0 bridgehead atoms. The summed E-state index contributed by atoms with van der Waals surface area (Å²) in [7, 11) is 0. The first-order valence-electron chi connectivity index (χ1n) is 5.97. The molecule has 0 unspecified atom stereocenters. The number of nitriles is 1. The lowest BCUT2D eigenvalue weighted by atomic mass is 10.0. The Bertz CT molecular complexity index is 786. The van der Waals surface area contributed by atoms with Crippen molar-refractivity contribution in [2.45, 2.75) is 0 Å². The summed E-state index contributed by atoms with van der Waals surface area (Å²) >= 11 is 11.7. The largest absolute Gasteiger partial charge is 0.505 e. The molecular formula is C15H8Cl2N2O3. The van der Waals surface area contributed by atoms with Gasteiger partial charge in [0.2, 0.25) is 0 Å². The standard InChI is InChI=1S/C15H8Cl2N2O3/c16-13-6-9(7-14(17)15(13)20)5-11(8-18)10-1-3-12(4-2-10)19(21)22/h1-7,20H. The molecule has 0 aliphatic rings. The van der Waals surface area contributed by atoms with Gasteiger partial charge >= 0.3 is 0 Å². The molecule has 110 valence electrons. The Morgan fingerprint density at radius 1 is 1.23 bits per heavy atom. The van der Waals surface area contributed by atoms with Gasteiger partial charge in [-0.05, 0) is 41.5 Å². The second kappa shape index (κ2) is 6.48. The summed E-state index contributed by atoms with van der Waals surface area (Å²) in [6, 6.07) is 10.5. The average molecular weight is 335 g/mol. The molecule has 1 N–H and O–H groups in total. The van der Waals surface area contributed by atoms with Gasteiger partial charge in [-0.15, -0.1) is 0 Å². The molecule has 0 aliphatic carbocycles. The second-order valence-corrected chi connectivity index (χ2v) is 5.12. The van der Waals surface area contributed by atoms with E-state index in [1.807, 2.05) is 6.07 Å². The predicted octanol–water partition coefficient (Wildman–Crippen LogP) is 4.67. The molecule has 22 heavy (non-hydrogen) atoms. The van der Waals surface area contributed by atoms with Crippen molar-refractivity contribution < 1.29 is 10.0 Å². The summed E-state index contributed by atoms with van der Waals surface area (Å²) in [6.07, 6.45) is 1.53. The predicted molar refractivity (Wildman–Crippen MR) is 84.7 cm³/mol. The smallest absolute Gasteiger partial charge is 0.269 e. The van der Waals surface area contributed by atoms with Crippen LogP contribution in [0.25, 0.3) is 11.6 Å². The summed E-state index contributed by atoms with van der Waals surface area (Å²) in [4.78, 5) is 10.1. The molecule has 0 saturated carbocycles. The van der Waals surface area contributed by atoms with Crippen LogP contribution in [0.4, 0.5) is 5.69 Å². The lowest BCUT2D eigenvalue weighted by Crippen LogP contribution is -1.88. The van der Waals surface area contributed by atoms with Crippen LogP contribution in [0.3, 0.4) is 0 Å². The summed E-state index contributed by atoms with van der Waals surface area (Å²) in [5, 5.41) is 29.5. The van der Waals surface area contributed by atoms with Crippen molar-refractivity contribution in [1.82, 2.24) is 0 Å². The van der Waals surface area contributed by atoms with Crippen molar-refractivity contribution in [3.8, 4) is 11.8 Å². The van der Waals surface area contributed by atoms with Crippen LogP contribution in [0.1, 0.15) is 11.1 Å². The third-order valence-electron chi connectivity index (χ3n) is 2.86. The molecule has 0 spiro atoms. The van der Waals surface area contributed by atoms with Crippen molar-refractivity contribution in [3.63, 3.8) is 0 Å². The van der Waals surface area contributed by atoms with Gasteiger partial charge in [0.25, 0.3) is 5.69 Å². The van der Waals surface area contributed by atoms with Gasteiger partial charge in [-0.2, -0.15) is 5.26 Å². The first-order chi connectivity index (χ1) is 10.4. The first-order valence-corrected chi connectivity index (χ1v) is 6.72. The van der Waals surface area contributed by atoms with Crippen LogP contribution in [0.15, 0.2) is 36.4 Å². The number of hydrogen-bond acceptors (Lipinski definition) is 4. The average Bonchev–Trinajstić information content (AvgIpc) is 2.50. The molecule has 2 aromatic carbocycles. The number of halogens is 2. The third kappa shape index (κ3) is 3.37. The van der Waals surface area contributed by atoms with Gasteiger partial charge < -0.3 is 5.11 Å². The van der Waals surface area contributed by atoms with E-state index in [-0.39, 0.29) is 27.1 Å². The zero-order valence-corrected chi connectivity index (χ0v) is 12.5. The molecule has 5 nitrogen and oxygen atoms in total. The van der Waals surface area contributed by atoms with Crippen molar-refractivity contribution in [2.75, 3.05) is 0 Å². The van der Waals surface area contributed by atoms with Gasteiger partial charge in [0, 0.05) is 12.1 Å². The maximum Gasteiger partial charge on any atom is 0.269 e. The number of nitro groups is 1. The topological polar surface area (TPSA) is 87.2 Å². The van der Waals surface area contributed by atoms with E-state index in [0.29, 0.717) is 11.1 Å². The molecule has 0 saturated heterocycles. The van der Waals surface area contributed by atoms with Gasteiger partial charge in [-0.25, -0.2) is 0 Å². The summed E-state index contributed by atoms with van der Waals surface area (Å²) < 4.78 is 0. The van der Waals surface area contributed by atoms with E-state index >= 15 is 0 Å². The van der Waals surface area contributed by atoms with Crippen molar-refractivity contribution in [3.05, 3.63) is 67.7 Å². The number of non-ortho nitro benzene ring substituents is 1. The van der Waals surface area contributed by atoms with Crippen molar-refractivity contribution >= 4 is 40.5 Å². The highest BCUT2D eigenvalue weighted by Gasteiger charge is 2.09. The summed E-state index contributed by atoms with van der Waals surface area (Å²) in [6.45, 7) is 0. The molecule has 0 radical (unpaired) electrons. The fourth-order valence-electron chi connectivity index (χ4n) is 1.78. The van der Waals surface area contributed by atoms with Gasteiger partial charge in [-0.1, -0.05) is 23.2 Å². The Morgan fingerprint density at radius 3 is 2.23 bits per heavy atom. The van der Waals surface area contributed by atoms with Gasteiger partial charge in [-0.3, -0.25) is 10.1 Å². The molecule has 0 fully saturated rings. The van der Waals surface area contributed by atoms with Crippen molar-refractivity contribution in [2.24, 2.45) is 0 Å². The number of phenols is 1. The van der Waals surface area contributed by atoms with E-state index in [4.69, 9.17) is 23.2 Å². The number of rotatable bonds is 3. The van der Waals surface area contributed by atoms with E-state index in [9.17, 15) is 20.5 Å². The van der Waals surface area contributed by atoms with Crippen LogP contribution in [0.2, 0.25) is 10.0 Å². The number of nitrogens with zero attached hydrogens (tertiary/aromatic N) is 2. The third-order valence-corrected chi connectivity index (χ3v) is 3.44. The van der Waals surface area contributed by atoms with E-state index in [0.717, 1.165) is 0 Å². The number of phenolic OH excluding ortho intramolecular Hbond substituents is 1. The number of hydrogen-bond donors (Lipinski definition) is 1. The highest BCUT2D eigenvalue weighted by molar-refractivity contribution is 6.37. The first kappa shape index (κ1) is 15.8. The van der Waals surface area contributed by atoms with E-state index < -0.39 is 4.92 Å². The minimum atomic E-state index is -0.515. The highest BCUT2D eigenvalue weighted by atomic mass is 35.5. The molecule has 0 aliphatic heterocycles. The second-order valence-electron chi connectivity index (χ2n) is 4.31. The highest BCUT2D eigenvalue weighted by Crippen LogP contribution is 2.34. The Morgan fingerprint density at radius 2 is 1.77 bits per heavy atom. The summed E-state index contributed by atoms with van der Waals surface area (Å²) in [5.41, 5.74) is 1.28. The molecule has 7 heteroatoms. The number of aromatic hydroxyl groups is 1. The van der Waals surface area contributed by atoms with Crippen LogP contribution >= 0.6 is 23.2 Å². The molecule has 2 rings (SSSR count). The quantitative estimate of drug-likeness (QED) is 0.382. The Labute approximate surface area is 135 Å². The minimum absolute atomic E-state index is 0.0586. The number of benzene rings is 2. The van der Waals surface area contributed by atoms with Crippen LogP contribution in [0, 0.1) is 21.4 Å².